The lowest BCUT2D eigenvalue weighted by Crippen LogP contribution is -2.57. The fourth-order valence-electron chi connectivity index (χ4n) is 7.82. The van der Waals surface area contributed by atoms with Crippen molar-refractivity contribution in [2.45, 2.75) is 68.9 Å². The Morgan fingerprint density at radius 2 is 1.89 bits per heavy atom. The van der Waals surface area contributed by atoms with Crippen LogP contribution in [0.15, 0.2) is 30.3 Å². The maximum absolute atomic E-state index is 6.05. The van der Waals surface area contributed by atoms with Gasteiger partial charge in [-0.25, -0.2) is 0 Å². The Labute approximate surface area is 208 Å². The highest BCUT2D eigenvalue weighted by Gasteiger charge is 2.57. The van der Waals surface area contributed by atoms with E-state index in [4.69, 9.17) is 9.47 Å². The highest BCUT2D eigenvalue weighted by atomic mass is 16.5. The van der Waals surface area contributed by atoms with E-state index in [0.29, 0.717) is 41.9 Å². The molecule has 5 heterocycles. The number of piperidine rings is 2. The molecule has 1 aromatic heterocycles. The van der Waals surface area contributed by atoms with Crippen LogP contribution >= 0.6 is 0 Å². The summed E-state index contributed by atoms with van der Waals surface area (Å²) in [5, 5.41) is 16.4. The zero-order valence-electron chi connectivity index (χ0n) is 21.3. The van der Waals surface area contributed by atoms with E-state index in [9.17, 15) is 0 Å². The average Bonchev–Trinajstić information content (AvgIpc) is 3.41. The van der Waals surface area contributed by atoms with Crippen LogP contribution in [0.2, 0.25) is 0 Å². The fraction of sp³-hybridized carbons (Fsp3) is 0.704. The normalized spacial score (nSPS) is 34.9. The van der Waals surface area contributed by atoms with Crippen LogP contribution in [0.25, 0.3) is 0 Å². The minimum absolute atomic E-state index is 0.0847. The van der Waals surface area contributed by atoms with Crippen LogP contribution in [0, 0.1) is 18.8 Å². The van der Waals surface area contributed by atoms with Crippen LogP contribution in [0.3, 0.4) is 0 Å². The topological polar surface area (TPSA) is 76.5 Å². The van der Waals surface area contributed by atoms with Gasteiger partial charge in [-0.05, 0) is 50.6 Å². The second kappa shape index (κ2) is 9.90. The summed E-state index contributed by atoms with van der Waals surface area (Å²) < 4.78 is 13.8. The van der Waals surface area contributed by atoms with Crippen molar-refractivity contribution in [1.82, 2.24) is 30.5 Å². The number of rotatable bonds is 5. The maximum atomic E-state index is 6.05. The fourth-order valence-corrected chi connectivity index (χ4v) is 7.82. The van der Waals surface area contributed by atoms with Gasteiger partial charge in [0, 0.05) is 69.9 Å². The lowest BCUT2D eigenvalue weighted by molar-refractivity contribution is -0.0359. The van der Waals surface area contributed by atoms with Crippen LogP contribution in [-0.4, -0.2) is 77.7 Å². The number of fused-ring (bicyclic) bond motifs is 3. The van der Waals surface area contributed by atoms with Crippen molar-refractivity contribution < 1.29 is 9.47 Å². The van der Waals surface area contributed by atoms with Crippen molar-refractivity contribution in [1.29, 1.82) is 0 Å². The van der Waals surface area contributed by atoms with E-state index in [2.05, 4.69) is 63.1 Å². The van der Waals surface area contributed by atoms with E-state index in [1.165, 1.54) is 11.3 Å². The Kier molecular flexibility index (Phi) is 6.66. The Bertz CT molecular complexity index is 973. The molecule has 6 unspecified atom stereocenters. The third-order valence-electron chi connectivity index (χ3n) is 9.16. The molecule has 0 bridgehead atoms. The first kappa shape index (κ1) is 23.6. The van der Waals surface area contributed by atoms with E-state index in [1.807, 2.05) is 18.8 Å². The highest BCUT2D eigenvalue weighted by molar-refractivity contribution is 5.25. The first-order valence-electron chi connectivity index (χ1n) is 13.4. The monoisotopic (exact) mass is 480 g/mol. The van der Waals surface area contributed by atoms with Crippen molar-refractivity contribution >= 4 is 0 Å². The molecule has 4 fully saturated rings. The van der Waals surface area contributed by atoms with Gasteiger partial charge in [-0.1, -0.05) is 35.5 Å². The van der Waals surface area contributed by atoms with Crippen LogP contribution < -0.4 is 10.6 Å². The molecule has 6 rings (SSSR count). The molecule has 7 atom stereocenters. The standard InChI is InChI=1S/C27H40N6O2/c1-17-25(32(2)31-30-17)20-15-22-24(29-16-20)23-21(9-12-28-27(23)34-3)33(22)26(18-7-5-4-6-8-18)19-10-13-35-14-11-19/h4-8,19-24,26-29H,9-16H2,1-3H3/t20?,21?,22?,23?,24?,26-,27?/m1/s1. The van der Waals surface area contributed by atoms with Crippen molar-refractivity contribution in [3.63, 3.8) is 0 Å². The number of hydrogen-bond donors (Lipinski definition) is 2. The molecule has 2 N–H and O–H groups in total. The van der Waals surface area contributed by atoms with E-state index in [-0.39, 0.29) is 6.23 Å². The van der Waals surface area contributed by atoms with Crippen LogP contribution in [-0.2, 0) is 16.5 Å². The molecule has 35 heavy (non-hydrogen) atoms. The molecule has 8 nitrogen and oxygen atoms in total. The maximum Gasteiger partial charge on any atom is 0.113 e. The summed E-state index contributed by atoms with van der Waals surface area (Å²) in [7, 11) is 3.90. The van der Waals surface area contributed by atoms with E-state index in [1.54, 1.807) is 0 Å². The van der Waals surface area contributed by atoms with E-state index >= 15 is 0 Å². The Hall–Kier alpha value is -1.84. The summed E-state index contributed by atoms with van der Waals surface area (Å²) in [6.07, 6.45) is 4.61. The molecule has 190 valence electrons. The SMILES string of the molecule is COC1NCCC2C1C1NCC(c3c(C)nnn3C)CC1N2[C@H](c1ccccc1)C1CCOCC1. The van der Waals surface area contributed by atoms with Gasteiger partial charge in [-0.15, -0.1) is 5.10 Å². The Balaban J connectivity index is 1.41. The van der Waals surface area contributed by atoms with Gasteiger partial charge in [0.05, 0.1) is 11.4 Å². The summed E-state index contributed by atoms with van der Waals surface area (Å²) in [6, 6.07) is 13.0. The number of aromatic nitrogens is 3. The quantitative estimate of drug-likeness (QED) is 0.680. The minimum atomic E-state index is 0.0847. The van der Waals surface area contributed by atoms with Crippen molar-refractivity contribution in [2.24, 2.45) is 18.9 Å². The second-order valence-electron chi connectivity index (χ2n) is 10.9. The minimum Gasteiger partial charge on any atom is -0.381 e. The molecule has 1 aromatic carbocycles. The summed E-state index contributed by atoms with van der Waals surface area (Å²) in [5.41, 5.74) is 3.78. The zero-order valence-corrected chi connectivity index (χ0v) is 21.3. The lowest BCUT2D eigenvalue weighted by Gasteiger charge is -2.46. The van der Waals surface area contributed by atoms with Crippen LogP contribution in [0.4, 0.5) is 0 Å². The van der Waals surface area contributed by atoms with Gasteiger partial charge >= 0.3 is 0 Å². The van der Waals surface area contributed by atoms with Gasteiger partial charge in [0.1, 0.15) is 6.23 Å². The molecule has 0 amide bonds. The molecule has 0 saturated carbocycles. The number of aryl methyl sites for hydroxylation is 2. The summed E-state index contributed by atoms with van der Waals surface area (Å²) in [5.74, 6) is 1.43. The Morgan fingerprint density at radius 1 is 1.09 bits per heavy atom. The largest absolute Gasteiger partial charge is 0.381 e. The van der Waals surface area contributed by atoms with Gasteiger partial charge in [0.2, 0.25) is 0 Å². The third-order valence-corrected chi connectivity index (χ3v) is 9.16. The van der Waals surface area contributed by atoms with Crippen LogP contribution in [0.5, 0.6) is 0 Å². The van der Waals surface area contributed by atoms with Crippen LogP contribution in [0.1, 0.15) is 54.6 Å². The smallest absolute Gasteiger partial charge is 0.113 e. The second-order valence-corrected chi connectivity index (χ2v) is 10.9. The van der Waals surface area contributed by atoms with E-state index < -0.39 is 0 Å². The number of nitrogens with zero attached hydrogens (tertiary/aromatic N) is 4. The summed E-state index contributed by atoms with van der Waals surface area (Å²) >= 11 is 0. The third kappa shape index (κ3) is 4.13. The highest BCUT2D eigenvalue weighted by Crippen LogP contribution is 2.49. The lowest BCUT2D eigenvalue weighted by atomic mass is 9.81. The average molecular weight is 481 g/mol. The summed E-state index contributed by atoms with van der Waals surface area (Å²) in [4.78, 5) is 2.94. The first-order valence-corrected chi connectivity index (χ1v) is 13.4. The molecule has 8 heteroatoms. The molecule has 4 saturated heterocycles. The molecular formula is C27H40N6O2. The molecule has 4 aliphatic rings. The first-order chi connectivity index (χ1) is 17.2. The molecule has 0 aliphatic carbocycles. The predicted molar refractivity (Wildman–Crippen MR) is 134 cm³/mol. The molecule has 0 spiro atoms. The Morgan fingerprint density at radius 3 is 2.60 bits per heavy atom. The van der Waals surface area contributed by atoms with Gasteiger partial charge in [0.25, 0.3) is 0 Å². The number of hydrogen-bond acceptors (Lipinski definition) is 7. The van der Waals surface area contributed by atoms with Gasteiger partial charge in [0.15, 0.2) is 0 Å². The molecule has 2 aromatic rings. The number of likely N-dealkylation sites (tertiary alicyclic amines) is 1. The predicted octanol–water partition coefficient (Wildman–Crippen LogP) is 2.37. The van der Waals surface area contributed by atoms with Crippen molar-refractivity contribution in [3.8, 4) is 0 Å². The molecular weight excluding hydrogens is 440 g/mol. The van der Waals surface area contributed by atoms with Crippen molar-refractivity contribution in [2.75, 3.05) is 33.4 Å². The molecule has 4 aliphatic heterocycles. The number of nitrogens with one attached hydrogen (secondary N) is 2. The zero-order chi connectivity index (χ0) is 23.9. The number of benzene rings is 1. The van der Waals surface area contributed by atoms with Gasteiger partial charge < -0.3 is 14.8 Å². The number of ether oxygens (including phenoxy) is 2. The van der Waals surface area contributed by atoms with Crippen molar-refractivity contribution in [3.05, 3.63) is 47.3 Å². The number of methoxy groups -OCH3 is 1. The van der Waals surface area contributed by atoms with E-state index in [0.717, 1.165) is 57.7 Å². The van der Waals surface area contributed by atoms with Gasteiger partial charge in [-0.2, -0.15) is 0 Å². The van der Waals surface area contributed by atoms with Gasteiger partial charge in [-0.3, -0.25) is 14.9 Å². The molecule has 0 radical (unpaired) electrons. The summed E-state index contributed by atoms with van der Waals surface area (Å²) in [6.45, 7) is 5.80.